The molecule has 1 saturated heterocycles. The number of benzene rings is 2. The van der Waals surface area contributed by atoms with Crippen LogP contribution in [0.25, 0.3) is 0 Å². The minimum absolute atomic E-state index is 0.0985. The van der Waals surface area contributed by atoms with E-state index in [1.807, 2.05) is 42.3 Å². The van der Waals surface area contributed by atoms with Crippen molar-refractivity contribution in [1.29, 1.82) is 5.26 Å². The second kappa shape index (κ2) is 10.1. The SMILES string of the molecule is CN(CC(=O)O)C1CCN(Cc2cccc(OCc3cccc(C#N)c3)c2)CC1. The summed E-state index contributed by atoms with van der Waals surface area (Å²) >= 11 is 0. The van der Waals surface area contributed by atoms with Gasteiger partial charge < -0.3 is 9.84 Å². The molecule has 152 valence electrons. The molecule has 6 nitrogen and oxygen atoms in total. The van der Waals surface area contributed by atoms with Crippen LogP contribution in [0, 0.1) is 11.3 Å². The second-order valence-corrected chi connectivity index (χ2v) is 7.56. The van der Waals surface area contributed by atoms with Gasteiger partial charge in [-0.2, -0.15) is 5.26 Å². The van der Waals surface area contributed by atoms with Crippen LogP contribution in [-0.4, -0.2) is 53.6 Å². The number of ether oxygens (including phenoxy) is 1. The summed E-state index contributed by atoms with van der Waals surface area (Å²) in [7, 11) is 1.89. The highest BCUT2D eigenvalue weighted by Gasteiger charge is 2.23. The van der Waals surface area contributed by atoms with Crippen LogP contribution in [-0.2, 0) is 17.9 Å². The number of nitrogens with zero attached hydrogens (tertiary/aromatic N) is 3. The Morgan fingerprint density at radius 3 is 2.66 bits per heavy atom. The van der Waals surface area contributed by atoms with E-state index in [0.29, 0.717) is 18.2 Å². The third kappa shape index (κ3) is 6.31. The lowest BCUT2D eigenvalue weighted by atomic mass is 10.0. The van der Waals surface area contributed by atoms with Gasteiger partial charge in [0, 0.05) is 12.6 Å². The molecule has 0 aromatic heterocycles. The molecule has 0 saturated carbocycles. The molecule has 29 heavy (non-hydrogen) atoms. The van der Waals surface area contributed by atoms with Gasteiger partial charge in [0.1, 0.15) is 12.4 Å². The van der Waals surface area contributed by atoms with Gasteiger partial charge in [0.15, 0.2) is 0 Å². The first-order valence-electron chi connectivity index (χ1n) is 9.88. The molecule has 0 atom stereocenters. The monoisotopic (exact) mass is 393 g/mol. The van der Waals surface area contributed by atoms with Crippen molar-refractivity contribution in [3.63, 3.8) is 0 Å². The van der Waals surface area contributed by atoms with Crippen LogP contribution in [0.1, 0.15) is 29.5 Å². The number of carbonyl (C=O) groups is 1. The van der Waals surface area contributed by atoms with E-state index in [1.165, 1.54) is 5.56 Å². The number of carboxylic acid groups (broad SMARTS) is 1. The Hall–Kier alpha value is -2.88. The van der Waals surface area contributed by atoms with Gasteiger partial charge in [0.2, 0.25) is 0 Å². The summed E-state index contributed by atoms with van der Waals surface area (Å²) < 4.78 is 5.92. The fourth-order valence-electron chi connectivity index (χ4n) is 3.75. The van der Waals surface area contributed by atoms with E-state index in [1.54, 1.807) is 6.07 Å². The molecule has 1 N–H and O–H groups in total. The highest BCUT2D eigenvalue weighted by molar-refractivity contribution is 5.69. The first kappa shape index (κ1) is 20.8. The Bertz CT molecular complexity index is 870. The van der Waals surface area contributed by atoms with Gasteiger partial charge >= 0.3 is 5.97 Å². The van der Waals surface area contributed by atoms with Gasteiger partial charge in [-0.25, -0.2) is 0 Å². The predicted molar refractivity (Wildman–Crippen MR) is 110 cm³/mol. The van der Waals surface area contributed by atoms with Crippen LogP contribution < -0.4 is 4.74 Å². The van der Waals surface area contributed by atoms with E-state index < -0.39 is 5.97 Å². The number of likely N-dealkylation sites (N-methyl/N-ethyl adjacent to an activating group) is 1. The van der Waals surface area contributed by atoms with Crippen LogP contribution in [0.15, 0.2) is 48.5 Å². The number of rotatable bonds is 8. The summed E-state index contributed by atoms with van der Waals surface area (Å²) in [5.74, 6) is 0.0482. The quantitative estimate of drug-likeness (QED) is 0.743. The lowest BCUT2D eigenvalue weighted by molar-refractivity contribution is -0.138. The zero-order valence-corrected chi connectivity index (χ0v) is 16.8. The minimum Gasteiger partial charge on any atom is -0.489 e. The molecular formula is C23H27N3O3. The number of hydrogen-bond acceptors (Lipinski definition) is 5. The summed E-state index contributed by atoms with van der Waals surface area (Å²) in [5, 5.41) is 18.0. The standard InChI is InChI=1S/C23H27N3O3/c1-25(16-23(27)28)21-8-10-26(11-9-21)15-19-5-3-7-22(13-19)29-17-20-6-2-4-18(12-20)14-24/h2-7,12-13,21H,8-11,15-17H2,1H3,(H,27,28). The fraction of sp³-hybridized carbons (Fsp3) is 0.391. The van der Waals surface area contributed by atoms with Gasteiger partial charge in [-0.1, -0.05) is 24.3 Å². The third-order valence-corrected chi connectivity index (χ3v) is 5.33. The molecule has 0 spiro atoms. The lowest BCUT2D eigenvalue weighted by Gasteiger charge is -2.36. The molecule has 0 radical (unpaired) electrons. The smallest absolute Gasteiger partial charge is 0.317 e. The van der Waals surface area contributed by atoms with E-state index in [9.17, 15) is 4.79 Å². The van der Waals surface area contributed by atoms with Gasteiger partial charge in [-0.3, -0.25) is 14.6 Å². The number of aliphatic carboxylic acids is 1. The van der Waals surface area contributed by atoms with E-state index >= 15 is 0 Å². The molecule has 1 heterocycles. The Morgan fingerprint density at radius 2 is 1.93 bits per heavy atom. The first-order chi connectivity index (χ1) is 14.0. The predicted octanol–water partition coefficient (Wildman–Crippen LogP) is 3.12. The van der Waals surface area contributed by atoms with Crippen molar-refractivity contribution < 1.29 is 14.6 Å². The van der Waals surface area contributed by atoms with Crippen LogP contribution in [0.5, 0.6) is 5.75 Å². The summed E-state index contributed by atoms with van der Waals surface area (Å²) in [6.07, 6.45) is 1.96. The van der Waals surface area contributed by atoms with E-state index in [0.717, 1.165) is 43.8 Å². The average Bonchev–Trinajstić information content (AvgIpc) is 2.73. The van der Waals surface area contributed by atoms with Crippen molar-refractivity contribution in [1.82, 2.24) is 9.80 Å². The van der Waals surface area contributed by atoms with E-state index in [2.05, 4.69) is 23.1 Å². The number of nitriles is 1. The molecule has 0 bridgehead atoms. The van der Waals surface area contributed by atoms with Gasteiger partial charge in [-0.05, 0) is 68.4 Å². The Labute approximate surface area is 171 Å². The maximum Gasteiger partial charge on any atom is 0.317 e. The zero-order valence-electron chi connectivity index (χ0n) is 16.8. The molecule has 1 aliphatic heterocycles. The molecule has 2 aromatic rings. The van der Waals surface area contributed by atoms with E-state index in [-0.39, 0.29) is 6.54 Å². The van der Waals surface area contributed by atoms with Crippen LogP contribution in [0.4, 0.5) is 0 Å². The summed E-state index contributed by atoms with van der Waals surface area (Å²) in [6, 6.07) is 18.1. The third-order valence-electron chi connectivity index (χ3n) is 5.33. The molecule has 1 fully saturated rings. The highest BCUT2D eigenvalue weighted by Crippen LogP contribution is 2.20. The maximum atomic E-state index is 10.9. The van der Waals surface area contributed by atoms with Crippen molar-refractivity contribution >= 4 is 5.97 Å². The normalized spacial score (nSPS) is 15.2. The fourth-order valence-corrected chi connectivity index (χ4v) is 3.75. The van der Waals surface area contributed by atoms with Crippen LogP contribution >= 0.6 is 0 Å². The maximum absolute atomic E-state index is 10.9. The molecule has 1 aliphatic rings. The second-order valence-electron chi connectivity index (χ2n) is 7.56. The number of likely N-dealkylation sites (tertiary alicyclic amines) is 1. The molecule has 0 aliphatic carbocycles. The Morgan fingerprint density at radius 1 is 1.21 bits per heavy atom. The van der Waals surface area contributed by atoms with Crippen LogP contribution in [0.3, 0.4) is 0 Å². The lowest BCUT2D eigenvalue weighted by Crippen LogP contribution is -2.44. The van der Waals surface area contributed by atoms with Crippen LogP contribution in [0.2, 0.25) is 0 Å². The molecule has 6 heteroatoms. The van der Waals surface area contributed by atoms with Gasteiger partial charge in [-0.15, -0.1) is 0 Å². The molecule has 0 amide bonds. The topological polar surface area (TPSA) is 76.8 Å². The highest BCUT2D eigenvalue weighted by atomic mass is 16.5. The Balaban J connectivity index is 1.50. The summed E-state index contributed by atoms with van der Waals surface area (Å²) in [5.41, 5.74) is 2.81. The van der Waals surface area contributed by atoms with Gasteiger partial charge in [0.25, 0.3) is 0 Å². The Kier molecular flexibility index (Phi) is 7.23. The van der Waals surface area contributed by atoms with Crippen molar-refractivity contribution in [2.24, 2.45) is 0 Å². The molecular weight excluding hydrogens is 366 g/mol. The zero-order chi connectivity index (χ0) is 20.6. The van der Waals surface area contributed by atoms with Crippen molar-refractivity contribution in [3.8, 4) is 11.8 Å². The van der Waals surface area contributed by atoms with Crippen molar-refractivity contribution in [2.45, 2.75) is 32.0 Å². The number of hydrogen-bond donors (Lipinski definition) is 1. The summed E-state index contributed by atoms with van der Waals surface area (Å²) in [6.45, 7) is 3.30. The molecule has 0 unspecified atom stereocenters. The number of piperidine rings is 1. The molecule has 2 aromatic carbocycles. The van der Waals surface area contributed by atoms with Crippen molar-refractivity contribution in [3.05, 3.63) is 65.2 Å². The van der Waals surface area contributed by atoms with Gasteiger partial charge in [0.05, 0.1) is 18.2 Å². The molecule has 3 rings (SSSR count). The number of carboxylic acids is 1. The first-order valence-corrected chi connectivity index (χ1v) is 9.88. The summed E-state index contributed by atoms with van der Waals surface area (Å²) in [4.78, 5) is 15.2. The average molecular weight is 393 g/mol. The van der Waals surface area contributed by atoms with E-state index in [4.69, 9.17) is 15.1 Å². The van der Waals surface area contributed by atoms with Crippen molar-refractivity contribution in [2.75, 3.05) is 26.7 Å². The minimum atomic E-state index is -0.772. The largest absolute Gasteiger partial charge is 0.489 e.